The summed E-state index contributed by atoms with van der Waals surface area (Å²) in [6, 6.07) is 13.7. The van der Waals surface area contributed by atoms with E-state index in [-0.39, 0.29) is 30.8 Å². The molecule has 2 aromatic rings. The van der Waals surface area contributed by atoms with Crippen LogP contribution in [0.5, 0.6) is 11.5 Å². The van der Waals surface area contributed by atoms with Crippen molar-refractivity contribution < 1.29 is 23.9 Å². The van der Waals surface area contributed by atoms with Crippen LogP contribution >= 0.6 is 0 Å². The summed E-state index contributed by atoms with van der Waals surface area (Å²) in [5, 5.41) is 5.27. The number of benzene rings is 2. The standard InChI is InChI=1S/C19H20N2O5/c1-13(22)20-16-7-3-5-9-18(16)25-11-15(24)12-26-19-10-6-4-8-17(19)21-14(2)23/h3-10H,11-12H2,1-2H3,(H,20,22)(H,21,23). The van der Waals surface area contributed by atoms with E-state index in [0.717, 1.165) is 0 Å². The lowest BCUT2D eigenvalue weighted by Crippen LogP contribution is -2.20. The van der Waals surface area contributed by atoms with Gasteiger partial charge in [0.1, 0.15) is 11.5 Å². The third kappa shape index (κ3) is 5.94. The molecule has 2 amide bonds. The number of carbonyl (C=O) groups excluding carboxylic acids is 3. The highest BCUT2D eigenvalue weighted by molar-refractivity contribution is 5.91. The minimum atomic E-state index is -0.291. The first-order valence-electron chi connectivity index (χ1n) is 7.96. The predicted octanol–water partition coefficient (Wildman–Crippen LogP) is 2.63. The van der Waals surface area contributed by atoms with Gasteiger partial charge in [0.25, 0.3) is 0 Å². The van der Waals surface area contributed by atoms with Crippen molar-refractivity contribution in [1.82, 2.24) is 0 Å². The molecular formula is C19H20N2O5. The van der Waals surface area contributed by atoms with Gasteiger partial charge in [-0.1, -0.05) is 24.3 Å². The van der Waals surface area contributed by atoms with Crippen LogP contribution in [0.4, 0.5) is 11.4 Å². The van der Waals surface area contributed by atoms with Crippen molar-refractivity contribution in [3.63, 3.8) is 0 Å². The van der Waals surface area contributed by atoms with Gasteiger partial charge in [0.2, 0.25) is 17.6 Å². The fourth-order valence-electron chi connectivity index (χ4n) is 2.13. The molecule has 0 aromatic heterocycles. The second-order valence-corrected chi connectivity index (χ2v) is 5.47. The van der Waals surface area contributed by atoms with Gasteiger partial charge in [-0.3, -0.25) is 14.4 Å². The van der Waals surface area contributed by atoms with Crippen LogP contribution in [-0.4, -0.2) is 30.8 Å². The van der Waals surface area contributed by atoms with E-state index in [1.807, 2.05) is 0 Å². The number of ketones is 1. The molecule has 136 valence electrons. The molecule has 0 saturated heterocycles. The first-order valence-corrected chi connectivity index (χ1v) is 7.96. The Balaban J connectivity index is 1.91. The maximum Gasteiger partial charge on any atom is 0.221 e. The zero-order valence-electron chi connectivity index (χ0n) is 14.6. The van der Waals surface area contributed by atoms with Crippen LogP contribution in [0.1, 0.15) is 13.8 Å². The maximum atomic E-state index is 12.0. The number of anilines is 2. The van der Waals surface area contributed by atoms with Gasteiger partial charge in [-0.05, 0) is 24.3 Å². The van der Waals surface area contributed by atoms with Crippen molar-refractivity contribution in [2.24, 2.45) is 0 Å². The quantitative estimate of drug-likeness (QED) is 0.758. The Morgan fingerprint density at radius 3 is 1.50 bits per heavy atom. The van der Waals surface area contributed by atoms with Gasteiger partial charge in [0, 0.05) is 13.8 Å². The maximum absolute atomic E-state index is 12.0. The molecule has 0 saturated carbocycles. The first-order chi connectivity index (χ1) is 12.5. The molecule has 2 N–H and O–H groups in total. The Morgan fingerprint density at radius 1 is 0.731 bits per heavy atom. The predicted molar refractivity (Wildman–Crippen MR) is 97.5 cm³/mol. The van der Waals surface area contributed by atoms with Crippen molar-refractivity contribution in [3.8, 4) is 11.5 Å². The molecule has 0 aliphatic carbocycles. The van der Waals surface area contributed by atoms with Gasteiger partial charge in [-0.2, -0.15) is 0 Å². The molecule has 0 heterocycles. The van der Waals surface area contributed by atoms with E-state index < -0.39 is 0 Å². The summed E-state index contributed by atoms with van der Waals surface area (Å²) >= 11 is 0. The average Bonchev–Trinajstić information content (AvgIpc) is 2.59. The molecule has 0 aliphatic rings. The van der Waals surface area contributed by atoms with Crippen LogP contribution in [0.25, 0.3) is 0 Å². The van der Waals surface area contributed by atoms with Crippen molar-refractivity contribution in [1.29, 1.82) is 0 Å². The number of ether oxygens (including phenoxy) is 2. The number of carbonyl (C=O) groups is 3. The highest BCUT2D eigenvalue weighted by atomic mass is 16.5. The van der Waals surface area contributed by atoms with Crippen LogP contribution in [0.15, 0.2) is 48.5 Å². The monoisotopic (exact) mass is 356 g/mol. The molecule has 7 nitrogen and oxygen atoms in total. The minimum absolute atomic E-state index is 0.209. The smallest absolute Gasteiger partial charge is 0.221 e. The second-order valence-electron chi connectivity index (χ2n) is 5.47. The van der Waals surface area contributed by atoms with Crippen LogP contribution < -0.4 is 20.1 Å². The molecule has 2 aromatic carbocycles. The number of rotatable bonds is 8. The van der Waals surface area contributed by atoms with Crippen LogP contribution in [0.2, 0.25) is 0 Å². The second kappa shape index (κ2) is 9.22. The summed E-state index contributed by atoms with van der Waals surface area (Å²) in [5.41, 5.74) is 0.981. The van der Waals surface area contributed by atoms with Crippen LogP contribution in [-0.2, 0) is 14.4 Å². The van der Waals surface area contributed by atoms with E-state index in [9.17, 15) is 14.4 Å². The van der Waals surface area contributed by atoms with Crippen molar-refractivity contribution in [2.75, 3.05) is 23.8 Å². The molecule has 0 spiro atoms. The molecule has 7 heteroatoms. The molecule has 0 fully saturated rings. The number of Topliss-reactive ketones (excluding diaryl/α,β-unsaturated/α-hetero) is 1. The Hall–Kier alpha value is -3.35. The Morgan fingerprint density at radius 2 is 1.12 bits per heavy atom. The van der Waals surface area contributed by atoms with Gasteiger partial charge >= 0.3 is 0 Å². The van der Waals surface area contributed by atoms with Crippen molar-refractivity contribution >= 4 is 29.0 Å². The van der Waals surface area contributed by atoms with E-state index in [2.05, 4.69) is 10.6 Å². The van der Waals surface area contributed by atoms with Gasteiger partial charge in [-0.25, -0.2) is 0 Å². The normalized spacial score (nSPS) is 9.92. The van der Waals surface area contributed by atoms with Crippen LogP contribution in [0.3, 0.4) is 0 Å². The summed E-state index contributed by atoms with van der Waals surface area (Å²) < 4.78 is 10.9. The number of hydrogen-bond acceptors (Lipinski definition) is 5. The first kappa shape index (κ1) is 19.0. The Bertz CT molecular complexity index is 739. The molecule has 0 aliphatic heterocycles. The van der Waals surface area contributed by atoms with Gasteiger partial charge in [-0.15, -0.1) is 0 Å². The van der Waals surface area contributed by atoms with Gasteiger partial charge in [0.15, 0.2) is 13.2 Å². The topological polar surface area (TPSA) is 93.7 Å². The zero-order valence-corrected chi connectivity index (χ0v) is 14.6. The Kier molecular flexibility index (Phi) is 6.73. The molecule has 26 heavy (non-hydrogen) atoms. The minimum Gasteiger partial charge on any atom is -0.484 e. The van der Waals surface area contributed by atoms with Crippen LogP contribution in [0, 0.1) is 0 Å². The lowest BCUT2D eigenvalue weighted by Gasteiger charge is -2.13. The number of nitrogens with one attached hydrogen (secondary N) is 2. The summed E-state index contributed by atoms with van der Waals surface area (Å²) in [5.74, 6) is 0.0419. The third-order valence-corrected chi connectivity index (χ3v) is 3.17. The highest BCUT2D eigenvalue weighted by Gasteiger charge is 2.10. The summed E-state index contributed by atoms with van der Waals surface area (Å²) in [6.45, 7) is 2.36. The van der Waals surface area contributed by atoms with E-state index in [0.29, 0.717) is 22.9 Å². The molecule has 0 radical (unpaired) electrons. The largest absolute Gasteiger partial charge is 0.484 e. The van der Waals surface area contributed by atoms with Gasteiger partial charge in [0.05, 0.1) is 11.4 Å². The van der Waals surface area contributed by atoms with E-state index >= 15 is 0 Å². The van der Waals surface area contributed by atoms with Crippen molar-refractivity contribution in [2.45, 2.75) is 13.8 Å². The fraction of sp³-hybridized carbons (Fsp3) is 0.211. The Labute approximate surface area is 151 Å². The zero-order chi connectivity index (χ0) is 18.9. The average molecular weight is 356 g/mol. The molecule has 0 bridgehead atoms. The lowest BCUT2D eigenvalue weighted by atomic mass is 10.3. The molecule has 2 rings (SSSR count). The third-order valence-electron chi connectivity index (χ3n) is 3.17. The van der Waals surface area contributed by atoms with E-state index in [1.54, 1.807) is 48.5 Å². The van der Waals surface area contributed by atoms with Gasteiger partial charge < -0.3 is 20.1 Å². The molecule has 0 atom stereocenters. The molecular weight excluding hydrogens is 336 g/mol. The molecule has 0 unspecified atom stereocenters. The SMILES string of the molecule is CC(=O)Nc1ccccc1OCC(=O)COc1ccccc1NC(C)=O. The number of para-hydroxylation sites is 4. The lowest BCUT2D eigenvalue weighted by molar-refractivity contribution is -0.123. The summed E-state index contributed by atoms with van der Waals surface area (Å²) in [4.78, 5) is 34.4. The van der Waals surface area contributed by atoms with Crippen molar-refractivity contribution in [3.05, 3.63) is 48.5 Å². The number of amides is 2. The summed E-state index contributed by atoms with van der Waals surface area (Å²) in [6.07, 6.45) is 0. The highest BCUT2D eigenvalue weighted by Crippen LogP contribution is 2.25. The van der Waals surface area contributed by atoms with E-state index in [1.165, 1.54) is 13.8 Å². The fourth-order valence-corrected chi connectivity index (χ4v) is 2.13. The van der Waals surface area contributed by atoms with E-state index in [4.69, 9.17) is 9.47 Å². The number of hydrogen-bond donors (Lipinski definition) is 2. The summed E-state index contributed by atoms with van der Waals surface area (Å²) in [7, 11) is 0.